The van der Waals surface area contributed by atoms with Crippen LogP contribution in [0.25, 0.3) is 0 Å². The van der Waals surface area contributed by atoms with Gasteiger partial charge < -0.3 is 5.32 Å². The van der Waals surface area contributed by atoms with Gasteiger partial charge in [0.05, 0.1) is 0 Å². The van der Waals surface area contributed by atoms with Crippen molar-refractivity contribution in [2.24, 2.45) is 5.92 Å². The van der Waals surface area contributed by atoms with Gasteiger partial charge in [0, 0.05) is 12.5 Å². The minimum atomic E-state index is 0.151. The first-order chi connectivity index (χ1) is 7.58. The summed E-state index contributed by atoms with van der Waals surface area (Å²) in [5, 5.41) is 3.02. The van der Waals surface area contributed by atoms with Crippen LogP contribution in [0.3, 0.4) is 0 Å². The Labute approximate surface area is 98.1 Å². The monoisotopic (exact) mass is 219 g/mol. The number of carbonyl (C=O) groups is 1. The molecule has 1 aromatic rings. The molecular formula is C14H21NO. The van der Waals surface area contributed by atoms with Gasteiger partial charge in [0.25, 0.3) is 0 Å². The average Bonchev–Trinajstić information content (AvgIpc) is 2.17. The maximum absolute atomic E-state index is 11.5. The second-order valence-electron chi connectivity index (χ2n) is 4.76. The fourth-order valence-electron chi connectivity index (χ4n) is 1.72. The van der Waals surface area contributed by atoms with Crippen LogP contribution in [-0.2, 0) is 11.2 Å². The third-order valence-electron chi connectivity index (χ3n) is 2.39. The molecule has 0 aliphatic rings. The molecule has 0 heterocycles. The molecule has 16 heavy (non-hydrogen) atoms. The van der Waals surface area contributed by atoms with E-state index in [0.717, 1.165) is 6.42 Å². The summed E-state index contributed by atoms with van der Waals surface area (Å²) in [5.41, 5.74) is 1.26. The standard InChI is InChI=1S/C14H21NO/c1-11(2)9-14(16)15-12(3)10-13-7-5-4-6-8-13/h4-8,11-12H,9-10H2,1-3H3,(H,15,16)/t12-/m1/s1. The Morgan fingerprint density at radius 2 is 1.81 bits per heavy atom. The summed E-state index contributed by atoms with van der Waals surface area (Å²) < 4.78 is 0. The first-order valence-electron chi connectivity index (χ1n) is 5.91. The summed E-state index contributed by atoms with van der Waals surface area (Å²) >= 11 is 0. The molecule has 88 valence electrons. The molecule has 2 heteroatoms. The molecule has 0 aliphatic carbocycles. The molecule has 0 aromatic heterocycles. The number of carbonyl (C=O) groups excluding carboxylic acids is 1. The molecule has 1 amide bonds. The lowest BCUT2D eigenvalue weighted by Gasteiger charge is -2.14. The lowest BCUT2D eigenvalue weighted by molar-refractivity contribution is -0.122. The van der Waals surface area contributed by atoms with Crippen molar-refractivity contribution in [1.82, 2.24) is 5.32 Å². The van der Waals surface area contributed by atoms with Crippen LogP contribution >= 0.6 is 0 Å². The van der Waals surface area contributed by atoms with E-state index in [4.69, 9.17) is 0 Å². The third kappa shape index (κ3) is 4.96. The maximum atomic E-state index is 11.5. The van der Waals surface area contributed by atoms with Gasteiger partial charge in [-0.2, -0.15) is 0 Å². The molecular weight excluding hydrogens is 198 g/mol. The van der Waals surface area contributed by atoms with Gasteiger partial charge in [0.15, 0.2) is 0 Å². The number of benzene rings is 1. The second kappa shape index (κ2) is 6.31. The van der Waals surface area contributed by atoms with E-state index in [1.807, 2.05) is 25.1 Å². The Bertz CT molecular complexity index is 319. The molecule has 2 nitrogen and oxygen atoms in total. The lowest BCUT2D eigenvalue weighted by atomic mass is 10.1. The van der Waals surface area contributed by atoms with Crippen molar-refractivity contribution in [2.75, 3.05) is 0 Å². The average molecular weight is 219 g/mol. The van der Waals surface area contributed by atoms with Crippen LogP contribution in [0.5, 0.6) is 0 Å². The van der Waals surface area contributed by atoms with Gasteiger partial charge in [-0.15, -0.1) is 0 Å². The van der Waals surface area contributed by atoms with Crippen molar-refractivity contribution in [1.29, 1.82) is 0 Å². The highest BCUT2D eigenvalue weighted by Gasteiger charge is 2.09. The molecule has 0 saturated carbocycles. The highest BCUT2D eigenvalue weighted by molar-refractivity contribution is 5.76. The summed E-state index contributed by atoms with van der Waals surface area (Å²) in [7, 11) is 0. The molecule has 0 spiro atoms. The minimum Gasteiger partial charge on any atom is -0.353 e. The quantitative estimate of drug-likeness (QED) is 0.810. The Hall–Kier alpha value is -1.31. The van der Waals surface area contributed by atoms with Gasteiger partial charge in [0.2, 0.25) is 5.91 Å². The van der Waals surface area contributed by atoms with E-state index in [0.29, 0.717) is 12.3 Å². The fourth-order valence-corrected chi connectivity index (χ4v) is 1.72. The topological polar surface area (TPSA) is 29.1 Å². The maximum Gasteiger partial charge on any atom is 0.220 e. The SMILES string of the molecule is CC(C)CC(=O)N[C@H](C)Cc1ccccc1. The van der Waals surface area contributed by atoms with Gasteiger partial charge in [-0.25, -0.2) is 0 Å². The van der Waals surface area contributed by atoms with Gasteiger partial charge in [0.1, 0.15) is 0 Å². The van der Waals surface area contributed by atoms with E-state index < -0.39 is 0 Å². The fraction of sp³-hybridized carbons (Fsp3) is 0.500. The summed E-state index contributed by atoms with van der Waals surface area (Å²) in [5.74, 6) is 0.572. The van der Waals surface area contributed by atoms with Crippen LogP contribution in [0, 0.1) is 5.92 Å². The Morgan fingerprint density at radius 3 is 2.38 bits per heavy atom. The van der Waals surface area contributed by atoms with Gasteiger partial charge in [-0.1, -0.05) is 44.2 Å². The predicted octanol–water partition coefficient (Wildman–Crippen LogP) is 2.78. The van der Waals surface area contributed by atoms with Crippen molar-refractivity contribution in [3.63, 3.8) is 0 Å². The normalized spacial score (nSPS) is 12.5. The number of hydrogen-bond donors (Lipinski definition) is 1. The van der Waals surface area contributed by atoms with E-state index in [9.17, 15) is 4.79 Å². The molecule has 0 aliphatic heterocycles. The van der Waals surface area contributed by atoms with E-state index in [2.05, 4.69) is 31.3 Å². The molecule has 0 saturated heterocycles. The minimum absolute atomic E-state index is 0.151. The van der Waals surface area contributed by atoms with Crippen molar-refractivity contribution in [2.45, 2.75) is 39.7 Å². The molecule has 1 atom stereocenters. The second-order valence-corrected chi connectivity index (χ2v) is 4.76. The first-order valence-corrected chi connectivity index (χ1v) is 5.91. The molecule has 1 aromatic carbocycles. The summed E-state index contributed by atoms with van der Waals surface area (Å²) in [6.45, 7) is 6.16. The van der Waals surface area contributed by atoms with Gasteiger partial charge in [-0.05, 0) is 24.8 Å². The molecule has 0 radical (unpaired) electrons. The van der Waals surface area contributed by atoms with E-state index in [1.54, 1.807) is 0 Å². The summed E-state index contributed by atoms with van der Waals surface area (Å²) in [6.07, 6.45) is 1.50. The van der Waals surface area contributed by atoms with E-state index in [1.165, 1.54) is 5.56 Å². The van der Waals surface area contributed by atoms with Crippen LogP contribution in [0.1, 0.15) is 32.8 Å². The molecule has 0 unspecified atom stereocenters. The van der Waals surface area contributed by atoms with Crippen LogP contribution in [0.15, 0.2) is 30.3 Å². The number of nitrogens with one attached hydrogen (secondary N) is 1. The number of rotatable bonds is 5. The lowest BCUT2D eigenvalue weighted by Crippen LogP contribution is -2.34. The smallest absolute Gasteiger partial charge is 0.220 e. The molecule has 1 rings (SSSR count). The summed E-state index contributed by atoms with van der Waals surface area (Å²) in [6, 6.07) is 10.4. The zero-order valence-corrected chi connectivity index (χ0v) is 10.4. The van der Waals surface area contributed by atoms with Crippen LogP contribution < -0.4 is 5.32 Å². The van der Waals surface area contributed by atoms with E-state index in [-0.39, 0.29) is 11.9 Å². The Kier molecular flexibility index (Phi) is 5.03. The van der Waals surface area contributed by atoms with Crippen LogP contribution in [0.2, 0.25) is 0 Å². The van der Waals surface area contributed by atoms with E-state index >= 15 is 0 Å². The van der Waals surface area contributed by atoms with Crippen molar-refractivity contribution in [3.05, 3.63) is 35.9 Å². The van der Waals surface area contributed by atoms with Crippen molar-refractivity contribution in [3.8, 4) is 0 Å². The molecule has 0 bridgehead atoms. The zero-order chi connectivity index (χ0) is 12.0. The highest BCUT2D eigenvalue weighted by atomic mass is 16.1. The van der Waals surface area contributed by atoms with Gasteiger partial charge >= 0.3 is 0 Å². The van der Waals surface area contributed by atoms with Crippen LogP contribution in [-0.4, -0.2) is 11.9 Å². The Morgan fingerprint density at radius 1 is 1.19 bits per heavy atom. The van der Waals surface area contributed by atoms with Gasteiger partial charge in [-0.3, -0.25) is 4.79 Å². The Balaban J connectivity index is 2.36. The third-order valence-corrected chi connectivity index (χ3v) is 2.39. The molecule has 0 fully saturated rings. The largest absolute Gasteiger partial charge is 0.353 e. The highest BCUT2D eigenvalue weighted by Crippen LogP contribution is 2.04. The van der Waals surface area contributed by atoms with Crippen molar-refractivity contribution < 1.29 is 4.79 Å². The van der Waals surface area contributed by atoms with Crippen molar-refractivity contribution >= 4 is 5.91 Å². The first kappa shape index (κ1) is 12.8. The number of amides is 1. The zero-order valence-electron chi connectivity index (χ0n) is 10.4. The number of hydrogen-bond acceptors (Lipinski definition) is 1. The predicted molar refractivity (Wildman–Crippen MR) is 67.2 cm³/mol. The summed E-state index contributed by atoms with van der Waals surface area (Å²) in [4.78, 5) is 11.5. The molecule has 1 N–H and O–H groups in total. The van der Waals surface area contributed by atoms with Crippen LogP contribution in [0.4, 0.5) is 0 Å².